The number of rotatable bonds is 10. The van der Waals surface area contributed by atoms with Crippen molar-refractivity contribution in [2.45, 2.75) is 79.1 Å². The van der Waals surface area contributed by atoms with Gasteiger partial charge in [-0.1, -0.05) is 64.1 Å². The van der Waals surface area contributed by atoms with E-state index in [1.807, 2.05) is 0 Å². The molecule has 0 atom stereocenters. The fourth-order valence-corrected chi connectivity index (χ4v) is 6.31. The molecule has 0 radical (unpaired) electrons. The van der Waals surface area contributed by atoms with Crippen molar-refractivity contribution in [3.63, 3.8) is 0 Å². The molecule has 3 aromatic carbocycles. The molecule has 8 heteroatoms. The molecule has 0 unspecified atom stereocenters. The van der Waals surface area contributed by atoms with E-state index in [0.29, 0.717) is 11.9 Å². The predicted molar refractivity (Wildman–Crippen MR) is 178 cm³/mol. The molecule has 7 aromatic rings. The average molecular weight is 583 g/mol. The number of hydrogen-bond donors (Lipinski definition) is 0. The third-order valence-electron chi connectivity index (χ3n) is 8.19. The third-order valence-corrected chi connectivity index (χ3v) is 8.19. The first-order chi connectivity index (χ1) is 21.6. The fourth-order valence-electron chi connectivity index (χ4n) is 6.31. The Kier molecular flexibility index (Phi) is 7.50. The Morgan fingerprint density at radius 3 is 1.09 bits per heavy atom. The van der Waals surface area contributed by atoms with Gasteiger partial charge in [-0.25, -0.2) is 9.97 Å². The van der Waals surface area contributed by atoms with Gasteiger partial charge in [0.25, 0.3) is 0 Å². The van der Waals surface area contributed by atoms with E-state index in [1.165, 1.54) is 0 Å². The van der Waals surface area contributed by atoms with Crippen molar-refractivity contribution in [2.24, 2.45) is 0 Å². The van der Waals surface area contributed by atoms with Crippen LogP contribution < -0.4 is 0 Å². The topological polar surface area (TPSA) is 87.2 Å². The molecule has 0 spiro atoms. The standard InChI is InChI=1S/C36H38N8/c1-5-13-31-37-32(14-6-2)40-35(39-31)43-27-19-11-9-17-23(27)25-22-30-26(21-29(25)43)24-18-10-12-20-28(24)44(30)36-41-33(15-7-3)38-34(42-36)16-8-4/h9-12,17-22H,5-8,13-16H2,1-4H3. The summed E-state index contributed by atoms with van der Waals surface area (Å²) in [6.45, 7) is 8.66. The SMILES string of the molecule is CCCc1nc(CCC)nc(-n2c3ccccc3c3cc4c(cc32)c2ccccc2n4-c2nc(CCC)nc(CCC)n2)n1. The normalized spacial score (nSPS) is 11.9. The molecule has 0 amide bonds. The average Bonchev–Trinajstić information content (AvgIpc) is 3.52. The Hall–Kier alpha value is -4.72. The zero-order valence-corrected chi connectivity index (χ0v) is 26.0. The summed E-state index contributed by atoms with van der Waals surface area (Å²) in [6, 6.07) is 21.7. The van der Waals surface area contributed by atoms with Gasteiger partial charge >= 0.3 is 0 Å². The first kappa shape index (κ1) is 28.1. The summed E-state index contributed by atoms with van der Waals surface area (Å²) in [5.41, 5.74) is 4.31. The first-order valence-electron chi connectivity index (χ1n) is 16.1. The van der Waals surface area contributed by atoms with Crippen LogP contribution in [-0.4, -0.2) is 39.0 Å². The second-order valence-corrected chi connectivity index (χ2v) is 11.5. The molecule has 0 aliphatic heterocycles. The fraction of sp³-hybridized carbons (Fsp3) is 0.333. The number of para-hydroxylation sites is 2. The number of nitrogens with zero attached hydrogens (tertiary/aromatic N) is 8. The molecule has 0 aliphatic rings. The second-order valence-electron chi connectivity index (χ2n) is 11.5. The molecule has 4 aromatic heterocycles. The molecule has 7 rings (SSSR count). The molecule has 0 saturated heterocycles. The summed E-state index contributed by atoms with van der Waals surface area (Å²) in [6.07, 6.45) is 7.25. The molecule has 0 bridgehead atoms. The third kappa shape index (κ3) is 4.78. The highest BCUT2D eigenvalue weighted by Gasteiger charge is 2.21. The highest BCUT2D eigenvalue weighted by Crippen LogP contribution is 2.38. The van der Waals surface area contributed by atoms with Gasteiger partial charge in [0, 0.05) is 47.2 Å². The van der Waals surface area contributed by atoms with Crippen molar-refractivity contribution in [1.82, 2.24) is 39.0 Å². The van der Waals surface area contributed by atoms with Crippen LogP contribution in [-0.2, 0) is 25.7 Å². The Labute approximate surface area is 257 Å². The molecule has 44 heavy (non-hydrogen) atoms. The van der Waals surface area contributed by atoms with Crippen LogP contribution in [0, 0.1) is 0 Å². The molecule has 4 heterocycles. The molecule has 0 saturated carbocycles. The van der Waals surface area contributed by atoms with E-state index in [4.69, 9.17) is 29.9 Å². The van der Waals surface area contributed by atoms with E-state index in [2.05, 4.69) is 97.5 Å². The van der Waals surface area contributed by atoms with Gasteiger partial charge in [0.1, 0.15) is 23.3 Å². The van der Waals surface area contributed by atoms with Crippen LogP contribution in [0.15, 0.2) is 60.7 Å². The van der Waals surface area contributed by atoms with Crippen molar-refractivity contribution in [3.05, 3.63) is 84.0 Å². The maximum atomic E-state index is 5.01. The van der Waals surface area contributed by atoms with Crippen molar-refractivity contribution in [3.8, 4) is 11.9 Å². The minimum Gasteiger partial charge on any atom is -0.278 e. The van der Waals surface area contributed by atoms with Crippen LogP contribution in [0.3, 0.4) is 0 Å². The maximum absolute atomic E-state index is 5.01. The van der Waals surface area contributed by atoms with Crippen LogP contribution in [0.2, 0.25) is 0 Å². The van der Waals surface area contributed by atoms with E-state index in [9.17, 15) is 0 Å². The van der Waals surface area contributed by atoms with Crippen molar-refractivity contribution in [1.29, 1.82) is 0 Å². The van der Waals surface area contributed by atoms with Crippen LogP contribution >= 0.6 is 0 Å². The van der Waals surface area contributed by atoms with E-state index >= 15 is 0 Å². The van der Waals surface area contributed by atoms with E-state index in [1.54, 1.807) is 0 Å². The number of hydrogen-bond acceptors (Lipinski definition) is 6. The lowest BCUT2D eigenvalue weighted by Gasteiger charge is -2.11. The van der Waals surface area contributed by atoms with Crippen LogP contribution in [0.25, 0.3) is 55.5 Å². The van der Waals surface area contributed by atoms with Gasteiger partial charge in [-0.15, -0.1) is 0 Å². The van der Waals surface area contributed by atoms with Crippen molar-refractivity contribution in [2.75, 3.05) is 0 Å². The summed E-state index contributed by atoms with van der Waals surface area (Å²) in [7, 11) is 0. The Morgan fingerprint density at radius 1 is 0.409 bits per heavy atom. The Morgan fingerprint density at radius 2 is 0.750 bits per heavy atom. The van der Waals surface area contributed by atoms with Crippen LogP contribution in [0.4, 0.5) is 0 Å². The van der Waals surface area contributed by atoms with Gasteiger partial charge in [-0.3, -0.25) is 9.13 Å². The van der Waals surface area contributed by atoms with Crippen molar-refractivity contribution >= 4 is 43.6 Å². The number of aryl methyl sites for hydroxylation is 4. The highest BCUT2D eigenvalue weighted by atomic mass is 15.2. The first-order valence-corrected chi connectivity index (χ1v) is 16.1. The number of fused-ring (bicyclic) bond motifs is 6. The molecule has 0 aliphatic carbocycles. The maximum Gasteiger partial charge on any atom is 0.238 e. The number of benzene rings is 3. The van der Waals surface area contributed by atoms with Crippen LogP contribution in [0.5, 0.6) is 0 Å². The summed E-state index contributed by atoms with van der Waals surface area (Å²) >= 11 is 0. The van der Waals surface area contributed by atoms with Gasteiger partial charge in [0.2, 0.25) is 11.9 Å². The molecule has 0 fully saturated rings. The quantitative estimate of drug-likeness (QED) is 0.162. The molecule has 8 nitrogen and oxygen atoms in total. The Bertz CT molecular complexity index is 1940. The molecule has 0 N–H and O–H groups in total. The highest BCUT2D eigenvalue weighted by molar-refractivity contribution is 6.18. The summed E-state index contributed by atoms with van der Waals surface area (Å²) < 4.78 is 4.44. The summed E-state index contributed by atoms with van der Waals surface area (Å²) in [5.74, 6) is 4.78. The zero-order valence-electron chi connectivity index (χ0n) is 26.0. The second kappa shape index (κ2) is 11.8. The van der Waals surface area contributed by atoms with Gasteiger partial charge in [0.15, 0.2) is 0 Å². The van der Waals surface area contributed by atoms with Crippen LogP contribution in [0.1, 0.15) is 76.7 Å². The number of aromatic nitrogens is 8. The van der Waals surface area contributed by atoms with E-state index in [0.717, 1.165) is 118 Å². The van der Waals surface area contributed by atoms with E-state index < -0.39 is 0 Å². The molecular weight excluding hydrogens is 544 g/mol. The smallest absolute Gasteiger partial charge is 0.238 e. The summed E-state index contributed by atoms with van der Waals surface area (Å²) in [5, 5.41) is 4.60. The monoisotopic (exact) mass is 582 g/mol. The summed E-state index contributed by atoms with van der Waals surface area (Å²) in [4.78, 5) is 29.6. The zero-order chi connectivity index (χ0) is 30.2. The lowest BCUT2D eigenvalue weighted by molar-refractivity contribution is 0.737. The van der Waals surface area contributed by atoms with E-state index in [-0.39, 0.29) is 0 Å². The minimum absolute atomic E-state index is 0.687. The van der Waals surface area contributed by atoms with Gasteiger partial charge in [-0.05, 0) is 49.9 Å². The Balaban J connectivity index is 1.56. The minimum atomic E-state index is 0.687. The lowest BCUT2D eigenvalue weighted by atomic mass is 10.1. The van der Waals surface area contributed by atoms with Gasteiger partial charge in [-0.2, -0.15) is 19.9 Å². The lowest BCUT2D eigenvalue weighted by Crippen LogP contribution is -2.10. The van der Waals surface area contributed by atoms with Crippen molar-refractivity contribution < 1.29 is 0 Å². The molecular formula is C36H38N8. The van der Waals surface area contributed by atoms with Gasteiger partial charge in [0.05, 0.1) is 22.1 Å². The largest absolute Gasteiger partial charge is 0.278 e. The van der Waals surface area contributed by atoms with Gasteiger partial charge < -0.3 is 0 Å². The predicted octanol–water partition coefficient (Wildman–Crippen LogP) is 8.06. The molecule has 222 valence electrons.